The molecule has 1 unspecified atom stereocenters. The van der Waals surface area contributed by atoms with Gasteiger partial charge in [0.25, 0.3) is 0 Å². The van der Waals surface area contributed by atoms with Crippen LogP contribution in [0.5, 0.6) is 0 Å². The number of rotatable bonds is 4. The molecule has 1 fully saturated rings. The number of esters is 1. The smallest absolute Gasteiger partial charge is 0.306 e. The summed E-state index contributed by atoms with van der Waals surface area (Å²) >= 11 is 0. The maximum atomic E-state index is 11.3. The number of hydrogen-bond acceptors (Lipinski definition) is 3. The minimum atomic E-state index is -0.0819. The standard InChI is InChI=1S/C14H19NO2/c1-14(2)8-13(16)17-12(14)10-15-9-11-6-4-3-5-7-11/h3-7,12,15H,8-10H2,1-2H3. The Morgan fingerprint density at radius 1 is 1.35 bits per heavy atom. The quantitative estimate of drug-likeness (QED) is 0.809. The van der Waals surface area contributed by atoms with Crippen LogP contribution >= 0.6 is 0 Å². The van der Waals surface area contributed by atoms with Gasteiger partial charge in [-0.15, -0.1) is 0 Å². The van der Waals surface area contributed by atoms with E-state index in [0.717, 1.165) is 6.54 Å². The lowest BCUT2D eigenvalue weighted by molar-refractivity contribution is -0.141. The molecule has 1 aromatic rings. The Morgan fingerprint density at radius 3 is 2.65 bits per heavy atom. The summed E-state index contributed by atoms with van der Waals surface area (Å²) in [4.78, 5) is 11.3. The van der Waals surface area contributed by atoms with Gasteiger partial charge in [-0.2, -0.15) is 0 Å². The van der Waals surface area contributed by atoms with E-state index in [2.05, 4.69) is 31.3 Å². The Bertz CT molecular complexity index is 386. The Morgan fingerprint density at radius 2 is 2.06 bits per heavy atom. The second-order valence-corrected chi connectivity index (χ2v) is 5.26. The zero-order valence-electron chi connectivity index (χ0n) is 10.4. The SMILES string of the molecule is CC1(C)CC(=O)OC1CNCc1ccccc1. The molecule has 0 radical (unpaired) electrons. The number of carbonyl (C=O) groups excluding carboxylic acids is 1. The van der Waals surface area contributed by atoms with Gasteiger partial charge < -0.3 is 10.1 Å². The topological polar surface area (TPSA) is 38.3 Å². The number of cyclic esters (lactones) is 1. The van der Waals surface area contributed by atoms with Crippen LogP contribution < -0.4 is 5.32 Å². The number of nitrogens with one attached hydrogen (secondary N) is 1. The van der Waals surface area contributed by atoms with E-state index in [4.69, 9.17) is 4.74 Å². The highest BCUT2D eigenvalue weighted by molar-refractivity contribution is 5.72. The lowest BCUT2D eigenvalue weighted by atomic mass is 9.85. The predicted octanol–water partition coefficient (Wildman–Crippen LogP) is 2.12. The molecule has 3 nitrogen and oxygen atoms in total. The third-order valence-electron chi connectivity index (χ3n) is 3.25. The second kappa shape index (κ2) is 4.88. The predicted molar refractivity (Wildman–Crippen MR) is 66.4 cm³/mol. The number of ether oxygens (including phenoxy) is 1. The van der Waals surface area contributed by atoms with Crippen molar-refractivity contribution in [2.75, 3.05) is 6.54 Å². The van der Waals surface area contributed by atoms with Crippen molar-refractivity contribution in [2.24, 2.45) is 5.41 Å². The Hall–Kier alpha value is -1.35. The molecule has 2 rings (SSSR count). The van der Waals surface area contributed by atoms with Crippen LogP contribution in [0.25, 0.3) is 0 Å². The van der Waals surface area contributed by atoms with Crippen molar-refractivity contribution >= 4 is 5.97 Å². The lowest BCUT2D eigenvalue weighted by Gasteiger charge is -2.23. The molecule has 0 amide bonds. The van der Waals surface area contributed by atoms with Gasteiger partial charge in [-0.25, -0.2) is 0 Å². The summed E-state index contributed by atoms with van der Waals surface area (Å²) in [5, 5.41) is 3.34. The Kier molecular flexibility index (Phi) is 3.48. The Labute approximate surface area is 102 Å². The zero-order chi connectivity index (χ0) is 12.3. The molecule has 0 aliphatic carbocycles. The fourth-order valence-corrected chi connectivity index (χ4v) is 2.11. The van der Waals surface area contributed by atoms with Crippen molar-refractivity contribution in [1.82, 2.24) is 5.32 Å². The highest BCUT2D eigenvalue weighted by atomic mass is 16.6. The molecular weight excluding hydrogens is 214 g/mol. The maximum absolute atomic E-state index is 11.3. The number of benzene rings is 1. The van der Waals surface area contributed by atoms with Gasteiger partial charge in [-0.1, -0.05) is 44.2 Å². The summed E-state index contributed by atoms with van der Waals surface area (Å²) in [7, 11) is 0. The number of hydrogen-bond donors (Lipinski definition) is 1. The van der Waals surface area contributed by atoms with Gasteiger partial charge in [-0.3, -0.25) is 4.79 Å². The lowest BCUT2D eigenvalue weighted by Crippen LogP contribution is -2.35. The summed E-state index contributed by atoms with van der Waals surface area (Å²) in [5.41, 5.74) is 1.19. The molecule has 1 saturated heterocycles. The summed E-state index contributed by atoms with van der Waals surface area (Å²) in [6.07, 6.45) is 0.503. The monoisotopic (exact) mass is 233 g/mol. The van der Waals surface area contributed by atoms with Crippen molar-refractivity contribution < 1.29 is 9.53 Å². The van der Waals surface area contributed by atoms with E-state index >= 15 is 0 Å². The first kappa shape index (κ1) is 12.1. The first-order chi connectivity index (χ1) is 8.08. The van der Waals surface area contributed by atoms with Gasteiger partial charge in [-0.05, 0) is 5.56 Å². The molecule has 0 aromatic heterocycles. The van der Waals surface area contributed by atoms with E-state index in [1.807, 2.05) is 18.2 Å². The van der Waals surface area contributed by atoms with Crippen molar-refractivity contribution in [2.45, 2.75) is 32.9 Å². The average molecular weight is 233 g/mol. The van der Waals surface area contributed by atoms with E-state index in [1.54, 1.807) is 0 Å². The van der Waals surface area contributed by atoms with Crippen LogP contribution in [-0.4, -0.2) is 18.6 Å². The van der Waals surface area contributed by atoms with Crippen molar-refractivity contribution in [1.29, 1.82) is 0 Å². The van der Waals surface area contributed by atoms with Crippen molar-refractivity contribution in [3.05, 3.63) is 35.9 Å². The second-order valence-electron chi connectivity index (χ2n) is 5.26. The van der Waals surface area contributed by atoms with Gasteiger partial charge in [0, 0.05) is 18.5 Å². The maximum Gasteiger partial charge on any atom is 0.306 e. The van der Waals surface area contributed by atoms with Gasteiger partial charge in [0.1, 0.15) is 6.10 Å². The minimum Gasteiger partial charge on any atom is -0.460 e. The normalized spacial score (nSPS) is 22.5. The fourth-order valence-electron chi connectivity index (χ4n) is 2.11. The fraction of sp³-hybridized carbons (Fsp3) is 0.500. The van der Waals surface area contributed by atoms with Crippen molar-refractivity contribution in [3.63, 3.8) is 0 Å². The summed E-state index contributed by atoms with van der Waals surface area (Å²) in [6, 6.07) is 10.2. The molecule has 1 atom stereocenters. The number of carbonyl (C=O) groups is 1. The van der Waals surface area contributed by atoms with E-state index in [-0.39, 0.29) is 17.5 Å². The molecule has 1 aliphatic rings. The highest BCUT2D eigenvalue weighted by Gasteiger charge is 2.41. The van der Waals surface area contributed by atoms with Crippen LogP contribution in [0.15, 0.2) is 30.3 Å². The molecule has 0 spiro atoms. The first-order valence-electron chi connectivity index (χ1n) is 6.02. The van der Waals surface area contributed by atoms with Gasteiger partial charge in [0.2, 0.25) is 0 Å². The summed E-state index contributed by atoms with van der Waals surface area (Å²) in [6.45, 7) is 5.68. The van der Waals surface area contributed by atoms with Crippen LogP contribution in [0.3, 0.4) is 0 Å². The minimum absolute atomic E-state index is 0.0151. The molecule has 92 valence electrons. The average Bonchev–Trinajstić information content (AvgIpc) is 2.53. The third kappa shape index (κ3) is 3.07. The van der Waals surface area contributed by atoms with E-state index < -0.39 is 0 Å². The summed E-state index contributed by atoms with van der Waals surface area (Å²) < 4.78 is 5.31. The van der Waals surface area contributed by atoms with Gasteiger partial charge in [0.15, 0.2) is 0 Å². The molecule has 0 bridgehead atoms. The van der Waals surface area contributed by atoms with Gasteiger partial charge in [0.05, 0.1) is 6.42 Å². The molecular formula is C14H19NO2. The largest absolute Gasteiger partial charge is 0.460 e. The van der Waals surface area contributed by atoms with E-state index in [1.165, 1.54) is 5.56 Å². The molecule has 1 aromatic carbocycles. The van der Waals surface area contributed by atoms with E-state index in [0.29, 0.717) is 13.0 Å². The summed E-state index contributed by atoms with van der Waals surface area (Å²) in [5.74, 6) is -0.0819. The molecule has 1 heterocycles. The zero-order valence-corrected chi connectivity index (χ0v) is 10.4. The van der Waals surface area contributed by atoms with Crippen LogP contribution in [-0.2, 0) is 16.1 Å². The van der Waals surface area contributed by atoms with Crippen LogP contribution in [0.2, 0.25) is 0 Å². The van der Waals surface area contributed by atoms with Crippen LogP contribution in [0, 0.1) is 5.41 Å². The molecule has 17 heavy (non-hydrogen) atoms. The third-order valence-corrected chi connectivity index (χ3v) is 3.25. The van der Waals surface area contributed by atoms with Gasteiger partial charge >= 0.3 is 5.97 Å². The molecule has 0 saturated carbocycles. The van der Waals surface area contributed by atoms with Crippen LogP contribution in [0.4, 0.5) is 0 Å². The first-order valence-corrected chi connectivity index (χ1v) is 6.02. The molecule has 1 N–H and O–H groups in total. The van der Waals surface area contributed by atoms with E-state index in [9.17, 15) is 4.79 Å². The Balaban J connectivity index is 1.81. The van der Waals surface area contributed by atoms with Crippen molar-refractivity contribution in [3.8, 4) is 0 Å². The molecule has 3 heteroatoms. The van der Waals surface area contributed by atoms with Crippen LogP contribution in [0.1, 0.15) is 25.8 Å². The highest BCUT2D eigenvalue weighted by Crippen LogP contribution is 2.34. The molecule has 1 aliphatic heterocycles.